The highest BCUT2D eigenvalue weighted by Gasteiger charge is 2.31. The summed E-state index contributed by atoms with van der Waals surface area (Å²) in [4.78, 5) is 24.9. The molecule has 1 fully saturated rings. The Morgan fingerprint density at radius 3 is 2.44 bits per heavy atom. The van der Waals surface area contributed by atoms with E-state index in [0.29, 0.717) is 49.6 Å². The number of amides is 1. The summed E-state index contributed by atoms with van der Waals surface area (Å²) < 4.78 is 32.6. The maximum absolute atomic E-state index is 12.7. The van der Waals surface area contributed by atoms with Crippen molar-refractivity contribution < 1.29 is 23.2 Å². The Bertz CT molecular complexity index is 1020. The van der Waals surface area contributed by atoms with E-state index in [1.54, 1.807) is 18.5 Å². The molecule has 0 aromatic carbocycles. The molecule has 1 N–H and O–H groups in total. The van der Waals surface area contributed by atoms with Crippen LogP contribution in [0.25, 0.3) is 0 Å². The first-order chi connectivity index (χ1) is 16.2. The fourth-order valence-corrected chi connectivity index (χ4v) is 5.36. The Hall–Kier alpha value is -2.47. The van der Waals surface area contributed by atoms with E-state index in [0.717, 1.165) is 17.0 Å². The monoisotopic (exact) mass is 491 g/mol. The average Bonchev–Trinajstić information content (AvgIpc) is 2.80. The molecule has 11 heteroatoms. The minimum atomic E-state index is -3.80. The standard InChI is InChI=1S/C23H33N5O5S/c1-18-14-20(15-19(2)26-18)16-33-21-7-12-27(13-8-21)34(31,32)17-23(29)28(30)11-4-3-6-22-24-9-5-10-25-22/h5,9-10,14-15,21,30H,3-4,6-8,11-13,16-17H2,1-2H3. The summed E-state index contributed by atoms with van der Waals surface area (Å²) in [6.07, 6.45) is 6.20. The van der Waals surface area contributed by atoms with E-state index in [1.807, 2.05) is 26.0 Å². The first-order valence-corrected chi connectivity index (χ1v) is 13.1. The summed E-state index contributed by atoms with van der Waals surface area (Å²) in [5, 5.41) is 10.5. The normalized spacial score (nSPS) is 15.4. The lowest BCUT2D eigenvalue weighted by molar-refractivity contribution is -0.162. The molecule has 10 nitrogen and oxygen atoms in total. The maximum atomic E-state index is 12.7. The summed E-state index contributed by atoms with van der Waals surface area (Å²) in [7, 11) is -3.80. The van der Waals surface area contributed by atoms with Crippen molar-refractivity contribution in [3.05, 3.63) is 53.4 Å². The fourth-order valence-electron chi connectivity index (χ4n) is 3.95. The highest BCUT2D eigenvalue weighted by atomic mass is 32.2. The van der Waals surface area contributed by atoms with Crippen molar-refractivity contribution in [2.75, 3.05) is 25.4 Å². The van der Waals surface area contributed by atoms with Crippen LogP contribution in [0.5, 0.6) is 0 Å². The lowest BCUT2D eigenvalue weighted by atomic mass is 10.1. The smallest absolute Gasteiger partial charge is 0.262 e. The predicted molar refractivity (Wildman–Crippen MR) is 125 cm³/mol. The zero-order chi connectivity index (χ0) is 24.6. The molecule has 0 atom stereocenters. The zero-order valence-electron chi connectivity index (χ0n) is 19.8. The number of pyridine rings is 1. The van der Waals surface area contributed by atoms with Crippen molar-refractivity contribution >= 4 is 15.9 Å². The Morgan fingerprint density at radius 2 is 1.79 bits per heavy atom. The van der Waals surface area contributed by atoms with Gasteiger partial charge in [0.15, 0.2) is 0 Å². The van der Waals surface area contributed by atoms with Crippen molar-refractivity contribution in [3.63, 3.8) is 0 Å². The average molecular weight is 492 g/mol. The number of hydrogen-bond acceptors (Lipinski definition) is 8. The molecule has 1 saturated heterocycles. The minimum absolute atomic E-state index is 0.0427. The minimum Gasteiger partial charge on any atom is -0.373 e. The number of rotatable bonds is 11. The first-order valence-electron chi connectivity index (χ1n) is 11.5. The van der Waals surface area contributed by atoms with Gasteiger partial charge in [0.2, 0.25) is 10.0 Å². The topological polar surface area (TPSA) is 126 Å². The SMILES string of the molecule is Cc1cc(COC2CCN(S(=O)(=O)CC(=O)N(O)CCCCc3ncccn3)CC2)cc(C)n1. The van der Waals surface area contributed by atoms with Crippen molar-refractivity contribution in [1.29, 1.82) is 0 Å². The van der Waals surface area contributed by atoms with E-state index in [-0.39, 0.29) is 25.7 Å². The number of aromatic nitrogens is 3. The van der Waals surface area contributed by atoms with Crippen LogP contribution in [0, 0.1) is 13.8 Å². The number of hydrogen-bond donors (Lipinski definition) is 1. The lowest BCUT2D eigenvalue weighted by Crippen LogP contribution is -2.45. The van der Waals surface area contributed by atoms with Gasteiger partial charge in [-0.2, -0.15) is 0 Å². The highest BCUT2D eigenvalue weighted by Crippen LogP contribution is 2.19. The summed E-state index contributed by atoms with van der Waals surface area (Å²) in [5.74, 6) is -0.871. The number of hydroxylamine groups is 2. The van der Waals surface area contributed by atoms with Gasteiger partial charge in [-0.3, -0.25) is 15.0 Å². The van der Waals surface area contributed by atoms with Gasteiger partial charge < -0.3 is 4.74 Å². The van der Waals surface area contributed by atoms with Crippen molar-refractivity contribution in [2.45, 2.75) is 58.7 Å². The molecule has 34 heavy (non-hydrogen) atoms. The molecular weight excluding hydrogens is 458 g/mol. The van der Waals surface area contributed by atoms with Gasteiger partial charge in [-0.1, -0.05) is 0 Å². The first kappa shape index (κ1) is 26.1. The molecule has 3 heterocycles. The second-order valence-electron chi connectivity index (χ2n) is 8.56. The van der Waals surface area contributed by atoms with Gasteiger partial charge in [-0.15, -0.1) is 0 Å². The summed E-state index contributed by atoms with van der Waals surface area (Å²) in [6.45, 7) is 4.97. The second-order valence-corrected chi connectivity index (χ2v) is 10.5. The lowest BCUT2D eigenvalue weighted by Gasteiger charge is -2.31. The number of carbonyl (C=O) groups is 1. The third-order valence-electron chi connectivity index (χ3n) is 5.65. The molecule has 3 rings (SSSR count). The van der Waals surface area contributed by atoms with Crippen LogP contribution in [0.4, 0.5) is 0 Å². The number of unbranched alkanes of at least 4 members (excludes halogenated alkanes) is 1. The molecule has 1 amide bonds. The molecule has 0 saturated carbocycles. The molecule has 186 valence electrons. The van der Waals surface area contributed by atoms with E-state index >= 15 is 0 Å². The molecule has 0 bridgehead atoms. The van der Waals surface area contributed by atoms with Gasteiger partial charge in [0.1, 0.15) is 11.6 Å². The number of aryl methyl sites for hydroxylation is 3. The van der Waals surface area contributed by atoms with Crippen LogP contribution in [0.1, 0.15) is 48.5 Å². The fraction of sp³-hybridized carbons (Fsp3) is 0.565. The largest absolute Gasteiger partial charge is 0.373 e. The summed E-state index contributed by atoms with van der Waals surface area (Å²) in [5.41, 5.74) is 2.92. The maximum Gasteiger partial charge on any atom is 0.262 e. The quantitative estimate of drug-likeness (QED) is 0.288. The third-order valence-corrected chi connectivity index (χ3v) is 7.42. The van der Waals surface area contributed by atoms with Gasteiger partial charge in [-0.25, -0.2) is 27.8 Å². The second kappa shape index (κ2) is 12.3. The molecule has 0 spiro atoms. The number of nitrogens with zero attached hydrogens (tertiary/aromatic N) is 5. The van der Waals surface area contributed by atoms with Gasteiger partial charge in [0.05, 0.1) is 12.7 Å². The van der Waals surface area contributed by atoms with E-state index < -0.39 is 21.7 Å². The Morgan fingerprint density at radius 1 is 1.15 bits per heavy atom. The van der Waals surface area contributed by atoms with E-state index in [9.17, 15) is 18.4 Å². The van der Waals surface area contributed by atoms with Gasteiger partial charge in [-0.05, 0) is 63.3 Å². The van der Waals surface area contributed by atoms with Crippen LogP contribution >= 0.6 is 0 Å². The predicted octanol–water partition coefficient (Wildman–Crippen LogP) is 2.04. The van der Waals surface area contributed by atoms with E-state index in [4.69, 9.17) is 4.74 Å². The summed E-state index contributed by atoms with van der Waals surface area (Å²) >= 11 is 0. The molecule has 1 aliphatic heterocycles. The van der Waals surface area contributed by atoms with Crippen molar-refractivity contribution in [3.8, 4) is 0 Å². The van der Waals surface area contributed by atoms with Crippen LogP contribution in [-0.4, -0.2) is 75.3 Å². The highest BCUT2D eigenvalue weighted by molar-refractivity contribution is 7.89. The van der Waals surface area contributed by atoms with Gasteiger partial charge in [0.25, 0.3) is 5.91 Å². The molecule has 0 unspecified atom stereocenters. The molecule has 0 aliphatic carbocycles. The molecule has 2 aromatic rings. The zero-order valence-corrected chi connectivity index (χ0v) is 20.6. The molecular formula is C23H33N5O5S. The third kappa shape index (κ3) is 8.08. The van der Waals surface area contributed by atoms with Crippen LogP contribution in [0.3, 0.4) is 0 Å². The van der Waals surface area contributed by atoms with Crippen LogP contribution < -0.4 is 0 Å². The van der Waals surface area contributed by atoms with Crippen LogP contribution in [0.15, 0.2) is 30.6 Å². The van der Waals surface area contributed by atoms with Gasteiger partial charge >= 0.3 is 0 Å². The van der Waals surface area contributed by atoms with E-state index in [2.05, 4.69) is 15.0 Å². The van der Waals surface area contributed by atoms with Crippen LogP contribution in [0.2, 0.25) is 0 Å². The number of piperidine rings is 1. The van der Waals surface area contributed by atoms with Crippen LogP contribution in [-0.2, 0) is 32.6 Å². The summed E-state index contributed by atoms with van der Waals surface area (Å²) in [6, 6.07) is 5.69. The Labute approximate surface area is 201 Å². The molecule has 0 radical (unpaired) electrons. The molecule has 1 aliphatic rings. The Balaban J connectivity index is 1.37. The number of ether oxygens (including phenoxy) is 1. The molecule has 2 aromatic heterocycles. The number of sulfonamides is 1. The number of carbonyl (C=O) groups excluding carboxylic acids is 1. The van der Waals surface area contributed by atoms with Crippen molar-refractivity contribution in [1.82, 2.24) is 24.3 Å². The van der Waals surface area contributed by atoms with Gasteiger partial charge in [0, 0.05) is 49.8 Å². The van der Waals surface area contributed by atoms with Crippen molar-refractivity contribution in [2.24, 2.45) is 0 Å². The van der Waals surface area contributed by atoms with E-state index in [1.165, 1.54) is 4.31 Å². The Kier molecular flexibility index (Phi) is 9.45.